The molecule has 1 aromatic carbocycles. The number of benzene rings is 1. The van der Waals surface area contributed by atoms with E-state index in [-0.39, 0.29) is 5.82 Å². The second kappa shape index (κ2) is 5.23. The maximum absolute atomic E-state index is 13.1. The van der Waals surface area contributed by atoms with Crippen molar-refractivity contribution in [1.29, 1.82) is 0 Å². The minimum absolute atomic E-state index is 0.304. The number of halogens is 1. The topological polar surface area (TPSA) is 48.4 Å². The van der Waals surface area contributed by atoms with E-state index in [4.69, 9.17) is 14.9 Å². The minimum atomic E-state index is -0.304. The maximum Gasteiger partial charge on any atom is 0.126 e. The molecule has 2 N–H and O–H groups in total. The average molecular weight is 249 g/mol. The Morgan fingerprint density at radius 3 is 2.72 bits per heavy atom. The fourth-order valence-electron chi connectivity index (χ4n) is 1.72. The van der Waals surface area contributed by atoms with E-state index in [0.717, 1.165) is 22.6 Å². The van der Waals surface area contributed by atoms with E-state index in [9.17, 15) is 4.39 Å². The van der Waals surface area contributed by atoms with Crippen molar-refractivity contribution in [1.82, 2.24) is 0 Å². The van der Waals surface area contributed by atoms with Crippen LogP contribution in [-0.4, -0.2) is 0 Å². The lowest BCUT2D eigenvalue weighted by Gasteiger charge is -2.08. The molecule has 0 amide bonds. The Hall–Kier alpha value is -1.81. The first kappa shape index (κ1) is 12.6. The normalized spacial score (nSPS) is 10.7. The predicted molar refractivity (Wildman–Crippen MR) is 66.8 cm³/mol. The number of hydrogen-bond donors (Lipinski definition) is 1. The van der Waals surface area contributed by atoms with Gasteiger partial charge in [-0.15, -0.1) is 0 Å². The smallest absolute Gasteiger partial charge is 0.126 e. The van der Waals surface area contributed by atoms with E-state index >= 15 is 0 Å². The molecule has 0 fully saturated rings. The molecule has 1 heterocycles. The van der Waals surface area contributed by atoms with Crippen molar-refractivity contribution in [3.63, 3.8) is 0 Å². The van der Waals surface area contributed by atoms with E-state index < -0.39 is 0 Å². The molecular weight excluding hydrogens is 233 g/mol. The summed E-state index contributed by atoms with van der Waals surface area (Å²) in [5.74, 6) is 1.75. The zero-order chi connectivity index (χ0) is 13.1. The van der Waals surface area contributed by atoms with Gasteiger partial charge in [0.1, 0.15) is 29.7 Å². The summed E-state index contributed by atoms with van der Waals surface area (Å²) in [7, 11) is 0. The zero-order valence-electron chi connectivity index (χ0n) is 10.5. The molecule has 0 bridgehead atoms. The third-order valence-corrected chi connectivity index (χ3v) is 2.81. The first-order chi connectivity index (χ1) is 8.60. The van der Waals surface area contributed by atoms with Gasteiger partial charge < -0.3 is 14.9 Å². The van der Waals surface area contributed by atoms with Crippen molar-refractivity contribution in [3.8, 4) is 5.75 Å². The van der Waals surface area contributed by atoms with Crippen molar-refractivity contribution in [2.75, 3.05) is 0 Å². The molecule has 96 valence electrons. The number of rotatable bonds is 4. The summed E-state index contributed by atoms with van der Waals surface area (Å²) in [5, 5.41) is 0. The summed E-state index contributed by atoms with van der Waals surface area (Å²) in [6.07, 6.45) is 0. The van der Waals surface area contributed by atoms with Crippen LogP contribution in [0.25, 0.3) is 0 Å². The molecule has 0 saturated heterocycles. The Kier molecular flexibility index (Phi) is 3.67. The molecule has 0 aliphatic heterocycles. The van der Waals surface area contributed by atoms with E-state index in [2.05, 4.69) is 0 Å². The summed E-state index contributed by atoms with van der Waals surface area (Å²) in [6, 6.07) is 6.36. The summed E-state index contributed by atoms with van der Waals surface area (Å²) >= 11 is 0. The highest BCUT2D eigenvalue weighted by Gasteiger charge is 2.08. The molecule has 0 aliphatic rings. The van der Waals surface area contributed by atoms with Gasteiger partial charge in [-0.25, -0.2) is 4.39 Å². The highest BCUT2D eigenvalue weighted by atomic mass is 19.1. The van der Waals surface area contributed by atoms with Crippen LogP contribution in [0.15, 0.2) is 28.7 Å². The molecule has 0 saturated carbocycles. The Balaban J connectivity index is 2.11. The van der Waals surface area contributed by atoms with Crippen LogP contribution < -0.4 is 10.5 Å². The monoisotopic (exact) mass is 249 g/mol. The van der Waals surface area contributed by atoms with E-state index in [1.807, 2.05) is 19.9 Å². The van der Waals surface area contributed by atoms with Crippen LogP contribution in [0.1, 0.15) is 22.6 Å². The van der Waals surface area contributed by atoms with Crippen LogP contribution in [0.5, 0.6) is 5.75 Å². The molecule has 18 heavy (non-hydrogen) atoms. The van der Waals surface area contributed by atoms with Crippen molar-refractivity contribution in [3.05, 3.63) is 52.7 Å². The van der Waals surface area contributed by atoms with Gasteiger partial charge in [0.15, 0.2) is 0 Å². The lowest BCUT2D eigenvalue weighted by molar-refractivity contribution is 0.299. The predicted octanol–water partition coefficient (Wildman–Crippen LogP) is 3.07. The van der Waals surface area contributed by atoms with Gasteiger partial charge in [-0.05, 0) is 31.5 Å². The average Bonchev–Trinajstić information content (AvgIpc) is 2.71. The van der Waals surface area contributed by atoms with E-state index in [1.54, 1.807) is 6.07 Å². The van der Waals surface area contributed by atoms with Gasteiger partial charge in [0, 0.05) is 11.6 Å². The molecule has 3 nitrogen and oxygen atoms in total. The van der Waals surface area contributed by atoms with Gasteiger partial charge in [-0.3, -0.25) is 0 Å². The largest absolute Gasteiger partial charge is 0.488 e. The highest BCUT2D eigenvalue weighted by molar-refractivity contribution is 5.33. The molecule has 0 aliphatic carbocycles. The van der Waals surface area contributed by atoms with Crippen molar-refractivity contribution in [2.45, 2.75) is 27.0 Å². The number of nitrogens with two attached hydrogens (primary N) is 1. The fraction of sp³-hybridized carbons (Fsp3) is 0.286. The molecular formula is C14H16FNO2. The van der Waals surface area contributed by atoms with Crippen molar-refractivity contribution in [2.24, 2.45) is 5.73 Å². The molecule has 4 heteroatoms. The van der Waals surface area contributed by atoms with Crippen LogP contribution in [0.2, 0.25) is 0 Å². The van der Waals surface area contributed by atoms with Crippen LogP contribution >= 0.6 is 0 Å². The van der Waals surface area contributed by atoms with Crippen LogP contribution in [0.4, 0.5) is 4.39 Å². The van der Waals surface area contributed by atoms with Crippen molar-refractivity contribution >= 4 is 0 Å². The first-order valence-electron chi connectivity index (χ1n) is 5.77. The van der Waals surface area contributed by atoms with Gasteiger partial charge in [-0.1, -0.05) is 6.07 Å². The zero-order valence-corrected chi connectivity index (χ0v) is 10.5. The fourth-order valence-corrected chi connectivity index (χ4v) is 1.72. The van der Waals surface area contributed by atoms with Crippen LogP contribution in [0.3, 0.4) is 0 Å². The van der Waals surface area contributed by atoms with E-state index in [0.29, 0.717) is 18.9 Å². The van der Waals surface area contributed by atoms with Gasteiger partial charge >= 0.3 is 0 Å². The maximum atomic E-state index is 13.1. The Bertz CT molecular complexity index is 549. The van der Waals surface area contributed by atoms with Gasteiger partial charge in [0.25, 0.3) is 0 Å². The number of aryl methyl sites for hydroxylation is 2. The van der Waals surface area contributed by atoms with E-state index in [1.165, 1.54) is 12.1 Å². The van der Waals surface area contributed by atoms with Crippen LogP contribution in [-0.2, 0) is 13.2 Å². The quantitative estimate of drug-likeness (QED) is 0.905. The standard InChI is InChI=1S/C14H16FNO2/c1-9-3-4-12(15)6-14(9)17-8-11-5-13(7-16)18-10(11)2/h3-6H,7-8,16H2,1-2H3. The molecule has 0 atom stereocenters. The summed E-state index contributed by atoms with van der Waals surface area (Å²) in [5.41, 5.74) is 7.33. The molecule has 0 spiro atoms. The number of hydrogen-bond acceptors (Lipinski definition) is 3. The molecule has 1 aromatic heterocycles. The minimum Gasteiger partial charge on any atom is -0.488 e. The molecule has 2 aromatic rings. The summed E-state index contributed by atoms with van der Waals surface area (Å²) < 4.78 is 24.1. The lowest BCUT2D eigenvalue weighted by Crippen LogP contribution is -1.98. The van der Waals surface area contributed by atoms with Gasteiger partial charge in [0.05, 0.1) is 6.54 Å². The van der Waals surface area contributed by atoms with Crippen molar-refractivity contribution < 1.29 is 13.5 Å². The van der Waals surface area contributed by atoms with Crippen LogP contribution in [0, 0.1) is 19.7 Å². The van der Waals surface area contributed by atoms with Gasteiger partial charge in [-0.2, -0.15) is 0 Å². The Labute approximate surface area is 105 Å². The summed E-state index contributed by atoms with van der Waals surface area (Å²) in [6.45, 7) is 4.44. The second-order valence-electron chi connectivity index (χ2n) is 4.20. The Morgan fingerprint density at radius 1 is 1.28 bits per heavy atom. The third kappa shape index (κ3) is 2.71. The molecule has 2 rings (SSSR count). The highest BCUT2D eigenvalue weighted by Crippen LogP contribution is 2.22. The first-order valence-corrected chi connectivity index (χ1v) is 5.77. The second-order valence-corrected chi connectivity index (χ2v) is 4.20. The SMILES string of the molecule is Cc1ccc(F)cc1OCc1cc(CN)oc1C. The number of furan rings is 1. The molecule has 0 radical (unpaired) electrons. The Morgan fingerprint density at radius 2 is 2.06 bits per heavy atom. The van der Waals surface area contributed by atoms with Gasteiger partial charge in [0.2, 0.25) is 0 Å². The molecule has 0 unspecified atom stereocenters. The summed E-state index contributed by atoms with van der Waals surface area (Å²) in [4.78, 5) is 0. The lowest BCUT2D eigenvalue weighted by atomic mass is 10.2. The third-order valence-electron chi connectivity index (χ3n) is 2.81. The number of ether oxygens (including phenoxy) is 1.